The highest BCUT2D eigenvalue weighted by atomic mass is 16.6. The summed E-state index contributed by atoms with van der Waals surface area (Å²) in [7, 11) is 0. The van der Waals surface area contributed by atoms with Crippen molar-refractivity contribution < 1.29 is 30.3 Å². The molecule has 1 saturated heterocycles. The smallest absolute Gasteiger partial charge is 0.160 e. The average Bonchev–Trinajstić information content (AvgIpc) is 4.17. The molecular formula is C63H118N2O6. The number of phenols is 1. The molecule has 6 rings (SSSR count). The van der Waals surface area contributed by atoms with E-state index in [0.29, 0.717) is 5.75 Å². The van der Waals surface area contributed by atoms with E-state index in [4.69, 9.17) is 9.84 Å². The minimum atomic E-state index is -1.14. The van der Waals surface area contributed by atoms with Gasteiger partial charge in [0.1, 0.15) is 18.0 Å². The van der Waals surface area contributed by atoms with Crippen LogP contribution in [0.4, 0.5) is 0 Å². The van der Waals surface area contributed by atoms with Crippen LogP contribution < -0.4 is 0 Å². The quantitative estimate of drug-likeness (QED) is 0.0788. The van der Waals surface area contributed by atoms with Crippen LogP contribution in [0.15, 0.2) is 36.9 Å². The molecule has 416 valence electrons. The Morgan fingerprint density at radius 1 is 0.606 bits per heavy atom. The molecule has 8 nitrogen and oxygen atoms in total. The van der Waals surface area contributed by atoms with Gasteiger partial charge >= 0.3 is 0 Å². The van der Waals surface area contributed by atoms with Crippen molar-refractivity contribution in [1.82, 2.24) is 9.55 Å². The molecule has 3 aliphatic carbocycles. The molecule has 1 aromatic carbocycles. The van der Waals surface area contributed by atoms with Crippen LogP contribution in [0.5, 0.6) is 5.75 Å². The molecule has 0 radical (unpaired) electrons. The predicted octanol–water partition coefficient (Wildman–Crippen LogP) is 16.3. The van der Waals surface area contributed by atoms with Crippen LogP contribution in [0, 0.1) is 66.1 Å². The molecule has 5 atom stereocenters. The molecule has 8 heteroatoms. The van der Waals surface area contributed by atoms with Gasteiger partial charge in [-0.15, -0.1) is 0 Å². The number of rotatable bonds is 21. The van der Waals surface area contributed by atoms with Crippen LogP contribution in [0.1, 0.15) is 248 Å². The first kappa shape index (κ1) is 67.0. The van der Waals surface area contributed by atoms with E-state index in [0.717, 1.165) is 65.9 Å². The third-order valence-corrected chi connectivity index (χ3v) is 15.3. The van der Waals surface area contributed by atoms with Crippen LogP contribution in [0.3, 0.4) is 0 Å². The zero-order valence-electron chi connectivity index (χ0n) is 48.7. The van der Waals surface area contributed by atoms with Gasteiger partial charge in [0.2, 0.25) is 0 Å². The van der Waals surface area contributed by atoms with E-state index in [-0.39, 0.29) is 5.92 Å². The van der Waals surface area contributed by atoms with Gasteiger partial charge in [-0.1, -0.05) is 230 Å². The number of unbranched alkanes of at least 4 members (excludes halogenated alkanes) is 3. The molecule has 1 aromatic heterocycles. The molecule has 0 spiro atoms. The number of hydrogen-bond donors (Lipinski definition) is 5. The molecule has 5 N–H and O–H groups in total. The number of aliphatic hydroxyl groups excluding tert-OH is 4. The maximum atomic E-state index is 9.68. The minimum absolute atomic E-state index is 0.00528. The highest BCUT2D eigenvalue weighted by Gasteiger charge is 2.44. The summed E-state index contributed by atoms with van der Waals surface area (Å²) < 4.78 is 7.14. The van der Waals surface area contributed by atoms with Crippen LogP contribution in [-0.4, -0.2) is 66.3 Å². The van der Waals surface area contributed by atoms with E-state index in [2.05, 4.69) is 84.9 Å². The second kappa shape index (κ2) is 40.4. The van der Waals surface area contributed by atoms with Gasteiger partial charge in [0.05, 0.1) is 19.0 Å². The highest BCUT2D eigenvalue weighted by Crippen LogP contribution is 2.32. The third kappa shape index (κ3) is 33.5. The molecule has 2 heterocycles. The van der Waals surface area contributed by atoms with E-state index in [1.807, 2.05) is 45.6 Å². The molecule has 3 saturated carbocycles. The average molecular weight is 1000 g/mol. The Labute approximate surface area is 439 Å². The first-order chi connectivity index (χ1) is 33.7. The van der Waals surface area contributed by atoms with Crippen molar-refractivity contribution in [2.45, 2.75) is 282 Å². The van der Waals surface area contributed by atoms with E-state index in [1.165, 1.54) is 160 Å². The van der Waals surface area contributed by atoms with E-state index >= 15 is 0 Å². The molecule has 0 amide bonds. The number of nitrogens with zero attached hydrogens (tertiary/aromatic N) is 2. The summed E-state index contributed by atoms with van der Waals surface area (Å²) in [5, 5.41) is 46.9. The lowest BCUT2D eigenvalue weighted by atomic mass is 9.83. The van der Waals surface area contributed by atoms with Crippen LogP contribution in [0.2, 0.25) is 0 Å². The van der Waals surface area contributed by atoms with Crippen molar-refractivity contribution in [1.29, 1.82) is 0 Å². The topological polar surface area (TPSA) is 128 Å². The van der Waals surface area contributed by atoms with Crippen molar-refractivity contribution in [3.63, 3.8) is 0 Å². The summed E-state index contributed by atoms with van der Waals surface area (Å²) in [6.45, 7) is 29.3. The lowest BCUT2D eigenvalue weighted by Crippen LogP contribution is -2.56. The molecule has 2 aromatic rings. The summed E-state index contributed by atoms with van der Waals surface area (Å²) in [5.41, 5.74) is 2.30. The summed E-state index contributed by atoms with van der Waals surface area (Å²) >= 11 is 0. The van der Waals surface area contributed by atoms with Gasteiger partial charge in [0, 0.05) is 24.9 Å². The van der Waals surface area contributed by atoms with Gasteiger partial charge in [-0.25, -0.2) is 4.98 Å². The monoisotopic (exact) mass is 999 g/mol. The predicted molar refractivity (Wildman–Crippen MR) is 303 cm³/mol. The third-order valence-electron chi connectivity index (χ3n) is 15.3. The number of aliphatic hydroxyl groups is 4. The Morgan fingerprint density at radius 2 is 1.13 bits per heavy atom. The Balaban J connectivity index is 0.000000429. The van der Waals surface area contributed by atoms with Gasteiger partial charge in [0.25, 0.3) is 0 Å². The number of imidazole rings is 1. The summed E-state index contributed by atoms with van der Waals surface area (Å²) in [6.07, 6.45) is 37.6. The van der Waals surface area contributed by atoms with Crippen LogP contribution >= 0.6 is 0 Å². The maximum absolute atomic E-state index is 9.68. The summed E-state index contributed by atoms with van der Waals surface area (Å²) in [6, 6.07) is 5.85. The van der Waals surface area contributed by atoms with Crippen molar-refractivity contribution in [2.75, 3.05) is 6.61 Å². The number of aryl methyl sites for hydroxylation is 3. The SMILES string of the molecule is CC(C)C1[C@H](O)OC(CO)[C@@H](O)[C@H]1O.CC(C)CC1CCCC1.CC(C)CCC1CCCC1.CC(C)CCCC1CCCC1.CC(C)CCCCCCn1ccnc1.Cc1cc(CCC(C)C)ccc1O. The van der Waals surface area contributed by atoms with E-state index in [1.54, 1.807) is 6.07 Å². The first-order valence-corrected chi connectivity index (χ1v) is 29.8. The van der Waals surface area contributed by atoms with Gasteiger partial charge in [0.15, 0.2) is 6.29 Å². The van der Waals surface area contributed by atoms with E-state index < -0.39 is 37.1 Å². The van der Waals surface area contributed by atoms with Crippen LogP contribution in [0.25, 0.3) is 0 Å². The van der Waals surface area contributed by atoms with Crippen molar-refractivity contribution in [3.05, 3.63) is 48.0 Å². The van der Waals surface area contributed by atoms with Gasteiger partial charge in [-0.3, -0.25) is 0 Å². The normalized spacial score (nSPS) is 21.6. The summed E-state index contributed by atoms with van der Waals surface area (Å²) in [5.74, 6) is 7.53. The van der Waals surface area contributed by atoms with Crippen molar-refractivity contribution >= 4 is 0 Å². The zero-order chi connectivity index (χ0) is 53.1. The Kier molecular flexibility index (Phi) is 38.1. The Morgan fingerprint density at radius 3 is 1.61 bits per heavy atom. The maximum Gasteiger partial charge on any atom is 0.160 e. The second-order valence-electron chi connectivity index (χ2n) is 24.9. The fraction of sp³-hybridized carbons (Fsp3) is 0.857. The highest BCUT2D eigenvalue weighted by molar-refractivity contribution is 5.34. The molecule has 4 aliphatic rings. The molecular weight excluding hydrogens is 881 g/mol. The molecule has 4 fully saturated rings. The number of hydrogen-bond acceptors (Lipinski definition) is 7. The summed E-state index contributed by atoms with van der Waals surface area (Å²) in [4.78, 5) is 4.02. The Bertz CT molecular complexity index is 1480. The fourth-order valence-corrected chi connectivity index (χ4v) is 10.7. The first-order valence-electron chi connectivity index (χ1n) is 29.8. The largest absolute Gasteiger partial charge is 0.508 e. The van der Waals surface area contributed by atoms with Crippen molar-refractivity contribution in [2.24, 2.45) is 59.2 Å². The molecule has 71 heavy (non-hydrogen) atoms. The van der Waals surface area contributed by atoms with Crippen LogP contribution in [-0.2, 0) is 17.7 Å². The number of benzene rings is 1. The lowest BCUT2D eigenvalue weighted by Gasteiger charge is -2.41. The molecule has 0 bridgehead atoms. The number of phenolic OH excluding ortho intramolecular Hbond substituents is 1. The van der Waals surface area contributed by atoms with Gasteiger partial charge in [-0.05, 0) is 103 Å². The molecule has 1 aliphatic heterocycles. The lowest BCUT2D eigenvalue weighted by molar-refractivity contribution is -0.277. The number of ether oxygens (including phenoxy) is 1. The standard InChI is InChI=1S/C12H22N2.C12H18O.C11H22.C10H20.C9H18O5.C9H18/c1-12(2)7-5-3-4-6-9-14-10-8-13-11-14;1-9(2)4-5-11-6-7-12(13)10(3)8-11;1-10(2)6-5-9-11-7-3-4-8-11;1-9(2)7-8-10-5-3-4-6-10;1-4(2)6-8(12)7(11)5(3-10)14-9(6)13;1-8(2)7-9-5-3-4-6-9/h8,10-12H,3-7,9H2,1-2H3;6-9,13H,4-5H2,1-3H3;10-11H,3-9H2,1-2H3;9-10H,3-8H2,1-2H3;4-13H,3H2,1-2H3;8-9H,3-7H2,1-2H3/t;;;;5?,6?,7-,8+,9-;/m....1./s1. The minimum Gasteiger partial charge on any atom is -0.508 e. The van der Waals surface area contributed by atoms with E-state index in [9.17, 15) is 20.4 Å². The van der Waals surface area contributed by atoms with Gasteiger partial charge < -0.3 is 34.8 Å². The Hall–Kier alpha value is -1.97. The molecule has 2 unspecified atom stereocenters. The van der Waals surface area contributed by atoms with Crippen molar-refractivity contribution in [3.8, 4) is 5.75 Å². The number of aromatic hydroxyl groups is 1. The number of aromatic nitrogens is 2. The zero-order valence-corrected chi connectivity index (χ0v) is 48.7. The fourth-order valence-electron chi connectivity index (χ4n) is 10.7. The second-order valence-corrected chi connectivity index (χ2v) is 24.9. The van der Waals surface area contributed by atoms with Gasteiger partial charge in [-0.2, -0.15) is 0 Å².